The van der Waals surface area contributed by atoms with E-state index in [9.17, 15) is 24.9 Å². The van der Waals surface area contributed by atoms with Crippen LogP contribution in [0.5, 0.6) is 0 Å². The van der Waals surface area contributed by atoms with Crippen LogP contribution in [0.2, 0.25) is 0 Å². The predicted molar refractivity (Wildman–Crippen MR) is 132 cm³/mol. The average molecular weight is 517 g/mol. The van der Waals surface area contributed by atoms with Gasteiger partial charge in [0.25, 0.3) is 0 Å². The summed E-state index contributed by atoms with van der Waals surface area (Å²) in [6, 6.07) is 0. The van der Waals surface area contributed by atoms with Crippen LogP contribution in [0.25, 0.3) is 0 Å². The lowest BCUT2D eigenvalue weighted by Crippen LogP contribution is -2.57. The third-order valence-corrected chi connectivity index (χ3v) is 11.1. The van der Waals surface area contributed by atoms with Gasteiger partial charge in [0.2, 0.25) is 0 Å². The molecule has 0 aromatic heterocycles. The average Bonchev–Trinajstić information content (AvgIpc) is 3.40. The van der Waals surface area contributed by atoms with Gasteiger partial charge in [-0.2, -0.15) is 0 Å². The predicted octanol–water partition coefficient (Wildman–Crippen LogP) is 2.73. The lowest BCUT2D eigenvalue weighted by Gasteiger charge is -2.53. The number of aliphatic hydroxyl groups is 3. The molecular weight excluding hydrogens is 476 g/mol. The SMILES string of the molecule is CC1=C[C@@H]([C@@H](O)[C@@H](C)C2=C3CC[C@]4(O)C[C@]56OC(=O)C[C@H]5OC(C)(C)[C@@H]6CC[C@H]4[C@@]3(C)[C@@H](O)C2)OC1=O. The molecular formula is C29H40O8. The highest BCUT2D eigenvalue weighted by molar-refractivity contribution is 5.90. The van der Waals surface area contributed by atoms with Gasteiger partial charge in [-0.15, -0.1) is 0 Å². The summed E-state index contributed by atoms with van der Waals surface area (Å²) in [6.07, 6.45) is 2.45. The molecule has 8 nitrogen and oxygen atoms in total. The molecule has 204 valence electrons. The molecule has 0 radical (unpaired) electrons. The molecule has 2 saturated carbocycles. The molecule has 6 aliphatic rings. The lowest BCUT2D eigenvalue weighted by molar-refractivity contribution is -0.170. The van der Waals surface area contributed by atoms with E-state index in [1.165, 1.54) is 0 Å². The van der Waals surface area contributed by atoms with Crippen LogP contribution < -0.4 is 0 Å². The minimum absolute atomic E-state index is 0.0343. The molecule has 6 rings (SSSR count). The van der Waals surface area contributed by atoms with Crippen molar-refractivity contribution in [3.63, 3.8) is 0 Å². The number of cyclic esters (lactones) is 1. The lowest BCUT2D eigenvalue weighted by atomic mass is 9.55. The summed E-state index contributed by atoms with van der Waals surface area (Å²) in [5.74, 6) is -1.24. The van der Waals surface area contributed by atoms with Crippen LogP contribution in [0.1, 0.15) is 79.6 Å². The molecule has 1 spiro atoms. The van der Waals surface area contributed by atoms with Crippen LogP contribution in [0, 0.1) is 23.2 Å². The first-order valence-electron chi connectivity index (χ1n) is 13.8. The number of carbonyl (C=O) groups excluding carboxylic acids is 2. The van der Waals surface area contributed by atoms with Gasteiger partial charge in [0.05, 0.1) is 23.7 Å². The topological polar surface area (TPSA) is 123 Å². The minimum atomic E-state index is -1.11. The molecule has 10 atom stereocenters. The van der Waals surface area contributed by atoms with Gasteiger partial charge in [0.1, 0.15) is 23.9 Å². The molecule has 4 fully saturated rings. The minimum Gasteiger partial charge on any atom is -0.456 e. The second-order valence-electron chi connectivity index (χ2n) is 13.3. The van der Waals surface area contributed by atoms with Gasteiger partial charge < -0.3 is 29.5 Å². The molecule has 0 aromatic carbocycles. The van der Waals surface area contributed by atoms with Gasteiger partial charge in [-0.05, 0) is 64.9 Å². The van der Waals surface area contributed by atoms with Crippen molar-refractivity contribution in [2.24, 2.45) is 23.2 Å². The van der Waals surface area contributed by atoms with Gasteiger partial charge in [-0.1, -0.05) is 25.0 Å². The third-order valence-electron chi connectivity index (χ3n) is 11.1. The molecule has 3 aliphatic heterocycles. The molecule has 0 amide bonds. The van der Waals surface area contributed by atoms with Crippen LogP contribution in [-0.4, -0.2) is 68.5 Å². The van der Waals surface area contributed by atoms with E-state index in [0.717, 1.165) is 17.6 Å². The van der Waals surface area contributed by atoms with E-state index in [4.69, 9.17) is 14.2 Å². The molecule has 0 bridgehead atoms. The fourth-order valence-corrected chi connectivity index (χ4v) is 9.30. The first kappa shape index (κ1) is 25.5. The first-order chi connectivity index (χ1) is 17.2. The van der Waals surface area contributed by atoms with E-state index in [0.29, 0.717) is 37.7 Å². The Morgan fingerprint density at radius 2 is 1.81 bits per heavy atom. The van der Waals surface area contributed by atoms with Crippen molar-refractivity contribution in [3.8, 4) is 0 Å². The van der Waals surface area contributed by atoms with Crippen molar-refractivity contribution in [1.29, 1.82) is 0 Å². The zero-order valence-electron chi connectivity index (χ0n) is 22.5. The van der Waals surface area contributed by atoms with Crippen molar-refractivity contribution in [3.05, 3.63) is 22.8 Å². The standard InChI is InChI=1S/C29H40O8/c1-14-10-18(35-25(14)33)24(32)15(2)16-11-21(30)27(5)17(16)8-9-28(34)13-29-19(6-7-20(27)28)26(3,4)36-22(29)12-23(31)37-29/h10,15,18-22,24,30,32,34H,6-9,11-13H2,1-5H3/t15-,18-,19-,20-,21-,22+,24-,27-,28-,29+/m0/s1. The summed E-state index contributed by atoms with van der Waals surface area (Å²) in [5, 5.41) is 35.0. The molecule has 0 unspecified atom stereocenters. The second-order valence-corrected chi connectivity index (χ2v) is 13.3. The smallest absolute Gasteiger partial charge is 0.334 e. The number of esters is 2. The summed E-state index contributed by atoms with van der Waals surface area (Å²) in [4.78, 5) is 24.3. The number of aliphatic hydroxyl groups excluding tert-OH is 2. The highest BCUT2D eigenvalue weighted by Crippen LogP contribution is 2.66. The fourth-order valence-electron chi connectivity index (χ4n) is 9.30. The van der Waals surface area contributed by atoms with Gasteiger partial charge in [-0.25, -0.2) is 4.79 Å². The Morgan fingerprint density at radius 1 is 1.11 bits per heavy atom. The van der Waals surface area contributed by atoms with Crippen LogP contribution in [0.3, 0.4) is 0 Å². The Balaban J connectivity index is 1.35. The van der Waals surface area contributed by atoms with Crippen molar-refractivity contribution >= 4 is 11.9 Å². The summed E-state index contributed by atoms with van der Waals surface area (Å²) < 4.78 is 17.8. The summed E-state index contributed by atoms with van der Waals surface area (Å²) in [7, 11) is 0. The Kier molecular flexibility index (Phi) is 5.45. The molecule has 3 aliphatic carbocycles. The Morgan fingerprint density at radius 3 is 2.49 bits per heavy atom. The highest BCUT2D eigenvalue weighted by Gasteiger charge is 2.72. The first-order valence-corrected chi connectivity index (χ1v) is 13.8. The summed E-state index contributed by atoms with van der Waals surface area (Å²) >= 11 is 0. The summed E-state index contributed by atoms with van der Waals surface area (Å²) in [6.45, 7) is 9.77. The largest absolute Gasteiger partial charge is 0.456 e. The van der Waals surface area contributed by atoms with Crippen LogP contribution >= 0.6 is 0 Å². The maximum Gasteiger partial charge on any atom is 0.334 e. The van der Waals surface area contributed by atoms with Crippen LogP contribution in [-0.2, 0) is 23.8 Å². The zero-order valence-corrected chi connectivity index (χ0v) is 22.5. The molecule has 3 heterocycles. The fraction of sp³-hybridized carbons (Fsp3) is 0.793. The quantitative estimate of drug-likeness (QED) is 0.387. The molecule has 2 saturated heterocycles. The molecule has 8 heteroatoms. The van der Waals surface area contributed by atoms with Crippen LogP contribution in [0.15, 0.2) is 22.8 Å². The third kappa shape index (κ3) is 3.34. The number of hydrogen-bond donors (Lipinski definition) is 3. The second kappa shape index (κ2) is 7.90. The van der Waals surface area contributed by atoms with Gasteiger partial charge in [0.15, 0.2) is 0 Å². The van der Waals surface area contributed by atoms with Crippen molar-refractivity contribution in [1.82, 2.24) is 0 Å². The van der Waals surface area contributed by atoms with E-state index in [-0.39, 0.29) is 36.2 Å². The van der Waals surface area contributed by atoms with Crippen molar-refractivity contribution in [2.75, 3.05) is 0 Å². The van der Waals surface area contributed by atoms with Crippen molar-refractivity contribution in [2.45, 2.75) is 121 Å². The number of rotatable bonds is 3. The maximum atomic E-state index is 12.4. The van der Waals surface area contributed by atoms with Gasteiger partial charge in [0, 0.05) is 29.2 Å². The van der Waals surface area contributed by atoms with E-state index >= 15 is 0 Å². The van der Waals surface area contributed by atoms with E-state index in [1.807, 2.05) is 6.92 Å². The normalized spacial score (nSPS) is 47.8. The number of ether oxygens (including phenoxy) is 3. The molecule has 37 heavy (non-hydrogen) atoms. The van der Waals surface area contributed by atoms with E-state index in [2.05, 4.69) is 20.8 Å². The number of carbonyl (C=O) groups is 2. The molecule has 0 aromatic rings. The molecule has 3 N–H and O–H groups in total. The Hall–Kier alpha value is -1.74. The Labute approximate surface area is 218 Å². The Bertz CT molecular complexity index is 1110. The van der Waals surface area contributed by atoms with Crippen LogP contribution in [0.4, 0.5) is 0 Å². The van der Waals surface area contributed by atoms with Crippen molar-refractivity contribution < 1.29 is 39.1 Å². The van der Waals surface area contributed by atoms with Gasteiger partial charge in [-0.3, -0.25) is 4.79 Å². The highest BCUT2D eigenvalue weighted by atomic mass is 16.6. The number of fused-ring (bicyclic) bond motifs is 3. The van der Waals surface area contributed by atoms with E-state index < -0.39 is 46.5 Å². The maximum absolute atomic E-state index is 12.4. The number of hydrogen-bond acceptors (Lipinski definition) is 8. The monoisotopic (exact) mass is 516 g/mol. The summed E-state index contributed by atoms with van der Waals surface area (Å²) in [5.41, 5.74) is -0.466. The van der Waals surface area contributed by atoms with E-state index in [1.54, 1.807) is 13.0 Å². The zero-order chi connectivity index (χ0) is 26.7. The van der Waals surface area contributed by atoms with Gasteiger partial charge >= 0.3 is 11.9 Å².